The lowest BCUT2D eigenvalue weighted by Crippen LogP contribution is -2.37. The number of hydrogen-bond acceptors (Lipinski definition) is 3. The van der Waals surface area contributed by atoms with Crippen LogP contribution in [0.1, 0.15) is 29.8 Å². The lowest BCUT2D eigenvalue weighted by molar-refractivity contribution is 0.0941. The zero-order valence-electron chi connectivity index (χ0n) is 13.4. The van der Waals surface area contributed by atoms with E-state index >= 15 is 0 Å². The lowest BCUT2D eigenvalue weighted by Gasteiger charge is -2.26. The third-order valence-electron chi connectivity index (χ3n) is 4.02. The predicted octanol–water partition coefficient (Wildman–Crippen LogP) is 4.02. The van der Waals surface area contributed by atoms with Crippen molar-refractivity contribution in [2.45, 2.75) is 19.3 Å². The highest BCUT2D eigenvalue weighted by Crippen LogP contribution is 2.36. The van der Waals surface area contributed by atoms with Crippen LogP contribution >= 0.6 is 15.9 Å². The quantitative estimate of drug-likeness (QED) is 0.852. The maximum Gasteiger partial charge on any atom is 0.254 e. The zero-order chi connectivity index (χ0) is 17.3. The molecule has 24 heavy (non-hydrogen) atoms. The van der Waals surface area contributed by atoms with Gasteiger partial charge in [-0.25, -0.2) is 4.39 Å². The Morgan fingerprint density at radius 2 is 1.96 bits per heavy atom. The van der Waals surface area contributed by atoms with Crippen molar-refractivity contribution in [3.8, 4) is 11.5 Å². The van der Waals surface area contributed by atoms with Crippen LogP contribution in [0.5, 0.6) is 11.5 Å². The number of carbonyl (C=O) groups is 1. The number of ether oxygens (including phenoxy) is 2. The summed E-state index contributed by atoms with van der Waals surface area (Å²) in [5.41, 5.74) is 0.673. The fraction of sp³-hybridized carbons (Fsp3) is 0.278. The summed E-state index contributed by atoms with van der Waals surface area (Å²) >= 11 is 3.25. The van der Waals surface area contributed by atoms with Crippen molar-refractivity contribution in [1.29, 1.82) is 0 Å². The third-order valence-corrected chi connectivity index (χ3v) is 4.51. The van der Waals surface area contributed by atoms with Crippen LogP contribution in [0.15, 0.2) is 40.9 Å². The van der Waals surface area contributed by atoms with Crippen LogP contribution in [0.3, 0.4) is 0 Å². The first-order chi connectivity index (χ1) is 11.4. The van der Waals surface area contributed by atoms with E-state index in [4.69, 9.17) is 9.47 Å². The first kappa shape index (κ1) is 16.8. The number of amides is 1. The summed E-state index contributed by atoms with van der Waals surface area (Å²) in [6.45, 7) is 4.58. The Morgan fingerprint density at radius 3 is 2.75 bits per heavy atom. The molecule has 0 radical (unpaired) electrons. The molecule has 0 saturated carbocycles. The molecule has 1 aliphatic heterocycles. The van der Waals surface area contributed by atoms with Crippen molar-refractivity contribution in [2.24, 2.45) is 0 Å². The number of rotatable bonds is 4. The molecule has 0 saturated heterocycles. The topological polar surface area (TPSA) is 47.6 Å². The largest absolute Gasteiger partial charge is 0.454 e. The Bertz CT molecular complexity index is 792. The molecule has 1 amide bonds. The minimum absolute atomic E-state index is 0.0193. The van der Waals surface area contributed by atoms with Gasteiger partial charge in [0.05, 0.1) is 5.56 Å². The number of benzene rings is 2. The molecule has 0 unspecified atom stereocenters. The van der Waals surface area contributed by atoms with E-state index in [-0.39, 0.29) is 17.8 Å². The average molecular weight is 394 g/mol. The Kier molecular flexibility index (Phi) is 4.49. The fourth-order valence-corrected chi connectivity index (χ4v) is 2.85. The number of carbonyl (C=O) groups excluding carboxylic acids is 1. The van der Waals surface area contributed by atoms with Gasteiger partial charge in [0.1, 0.15) is 5.82 Å². The maximum absolute atomic E-state index is 13.8. The van der Waals surface area contributed by atoms with Crippen molar-refractivity contribution < 1.29 is 18.7 Å². The SMILES string of the molecule is CC(C)(CNC(=O)c1cc(Br)ccc1F)c1ccc2c(c1)OCO2. The van der Waals surface area contributed by atoms with Crippen LogP contribution in [-0.4, -0.2) is 19.2 Å². The van der Waals surface area contributed by atoms with E-state index in [1.54, 1.807) is 6.07 Å². The van der Waals surface area contributed by atoms with Crippen LogP contribution in [0.4, 0.5) is 4.39 Å². The summed E-state index contributed by atoms with van der Waals surface area (Å²) in [5, 5.41) is 2.80. The maximum atomic E-state index is 13.8. The summed E-state index contributed by atoms with van der Waals surface area (Å²) in [4.78, 5) is 12.3. The van der Waals surface area contributed by atoms with Gasteiger partial charge in [0.15, 0.2) is 11.5 Å². The second kappa shape index (κ2) is 6.43. The minimum Gasteiger partial charge on any atom is -0.454 e. The molecule has 0 fully saturated rings. The molecule has 2 aromatic carbocycles. The van der Waals surface area contributed by atoms with Gasteiger partial charge in [-0.15, -0.1) is 0 Å². The summed E-state index contributed by atoms with van der Waals surface area (Å²) in [6, 6.07) is 10.0. The third kappa shape index (κ3) is 3.38. The van der Waals surface area contributed by atoms with Crippen molar-refractivity contribution in [3.05, 3.63) is 57.8 Å². The molecule has 1 aliphatic rings. The Hall–Kier alpha value is -2.08. The van der Waals surface area contributed by atoms with Gasteiger partial charge < -0.3 is 14.8 Å². The molecule has 0 aliphatic carbocycles. The molecule has 2 aromatic rings. The molecule has 6 heteroatoms. The highest BCUT2D eigenvalue weighted by molar-refractivity contribution is 9.10. The van der Waals surface area contributed by atoms with Crippen molar-refractivity contribution in [2.75, 3.05) is 13.3 Å². The number of fused-ring (bicyclic) bond motifs is 1. The van der Waals surface area contributed by atoms with Gasteiger partial charge in [0.25, 0.3) is 5.91 Å². The van der Waals surface area contributed by atoms with Crippen LogP contribution in [0.25, 0.3) is 0 Å². The molecule has 0 atom stereocenters. The number of hydrogen-bond donors (Lipinski definition) is 1. The van der Waals surface area contributed by atoms with E-state index < -0.39 is 11.7 Å². The molecule has 3 rings (SSSR count). The highest BCUT2D eigenvalue weighted by Gasteiger charge is 2.25. The van der Waals surface area contributed by atoms with Gasteiger partial charge in [0, 0.05) is 16.4 Å². The molecule has 0 spiro atoms. The van der Waals surface area contributed by atoms with E-state index in [9.17, 15) is 9.18 Å². The summed E-state index contributed by atoms with van der Waals surface area (Å²) in [5.74, 6) is 0.430. The normalized spacial score (nSPS) is 13.0. The van der Waals surface area contributed by atoms with Crippen molar-refractivity contribution in [3.63, 3.8) is 0 Å². The Balaban J connectivity index is 1.73. The van der Waals surface area contributed by atoms with Gasteiger partial charge >= 0.3 is 0 Å². The molecule has 4 nitrogen and oxygen atoms in total. The standard InChI is InChI=1S/C18H17BrFNO3/c1-18(2,11-3-6-15-16(7-11)24-10-23-15)9-21-17(22)13-8-12(19)4-5-14(13)20/h3-8H,9-10H2,1-2H3,(H,21,22). The second-order valence-corrected chi connectivity index (χ2v) is 7.17. The second-order valence-electron chi connectivity index (χ2n) is 6.26. The summed E-state index contributed by atoms with van der Waals surface area (Å²) < 4.78 is 25.2. The van der Waals surface area contributed by atoms with E-state index in [1.807, 2.05) is 32.0 Å². The van der Waals surface area contributed by atoms with E-state index in [0.29, 0.717) is 16.8 Å². The molecular weight excluding hydrogens is 377 g/mol. The fourth-order valence-electron chi connectivity index (χ4n) is 2.49. The van der Waals surface area contributed by atoms with Gasteiger partial charge in [-0.05, 0) is 35.9 Å². The van der Waals surface area contributed by atoms with Gasteiger partial charge in [-0.1, -0.05) is 35.8 Å². The van der Waals surface area contributed by atoms with E-state index in [1.165, 1.54) is 12.1 Å². The first-order valence-corrected chi connectivity index (χ1v) is 8.29. The van der Waals surface area contributed by atoms with Crippen molar-refractivity contribution in [1.82, 2.24) is 5.32 Å². The van der Waals surface area contributed by atoms with Crippen LogP contribution in [0.2, 0.25) is 0 Å². The molecule has 126 valence electrons. The number of nitrogens with one attached hydrogen (secondary N) is 1. The molecule has 0 bridgehead atoms. The van der Waals surface area contributed by atoms with Crippen LogP contribution < -0.4 is 14.8 Å². The van der Waals surface area contributed by atoms with Crippen molar-refractivity contribution >= 4 is 21.8 Å². The van der Waals surface area contributed by atoms with Crippen LogP contribution in [0, 0.1) is 5.82 Å². The van der Waals surface area contributed by atoms with E-state index in [0.717, 1.165) is 11.3 Å². The molecule has 1 heterocycles. The van der Waals surface area contributed by atoms with Gasteiger partial charge in [-0.3, -0.25) is 4.79 Å². The molecular formula is C18H17BrFNO3. The number of halogens is 2. The lowest BCUT2D eigenvalue weighted by atomic mass is 9.84. The predicted molar refractivity (Wildman–Crippen MR) is 92.0 cm³/mol. The van der Waals surface area contributed by atoms with E-state index in [2.05, 4.69) is 21.2 Å². The minimum atomic E-state index is -0.545. The first-order valence-electron chi connectivity index (χ1n) is 7.50. The van der Waals surface area contributed by atoms with Gasteiger partial charge in [0.2, 0.25) is 6.79 Å². The summed E-state index contributed by atoms with van der Waals surface area (Å²) in [6.07, 6.45) is 0. The Morgan fingerprint density at radius 1 is 1.21 bits per heavy atom. The van der Waals surface area contributed by atoms with Crippen LogP contribution in [-0.2, 0) is 5.41 Å². The van der Waals surface area contributed by atoms with Gasteiger partial charge in [-0.2, -0.15) is 0 Å². The monoisotopic (exact) mass is 393 g/mol. The molecule has 0 aromatic heterocycles. The molecule has 1 N–H and O–H groups in total. The highest BCUT2D eigenvalue weighted by atomic mass is 79.9. The zero-order valence-corrected chi connectivity index (χ0v) is 14.9. The average Bonchev–Trinajstić information content (AvgIpc) is 3.02. The summed E-state index contributed by atoms with van der Waals surface area (Å²) in [7, 11) is 0. The smallest absolute Gasteiger partial charge is 0.254 e. The Labute approximate surface area is 148 Å².